The van der Waals surface area contributed by atoms with Crippen molar-refractivity contribution in [3.8, 4) is 33.6 Å². The van der Waals surface area contributed by atoms with Crippen molar-refractivity contribution in [1.82, 2.24) is 9.13 Å². The molecule has 2 aromatic heterocycles. The van der Waals surface area contributed by atoms with Crippen molar-refractivity contribution in [2.75, 3.05) is 9.80 Å². The number of hydrogen-bond acceptors (Lipinski definition) is 2. The van der Waals surface area contributed by atoms with Crippen LogP contribution in [0.3, 0.4) is 0 Å². The van der Waals surface area contributed by atoms with E-state index < -0.39 is 0 Å². The third kappa shape index (κ3) is 6.52. The van der Waals surface area contributed by atoms with Crippen molar-refractivity contribution < 1.29 is 0 Å². The minimum atomic E-state index is 1.11. The van der Waals surface area contributed by atoms with E-state index in [1.165, 1.54) is 56.2 Å². The van der Waals surface area contributed by atoms with Gasteiger partial charge in [-0.1, -0.05) is 84.9 Å². The summed E-state index contributed by atoms with van der Waals surface area (Å²) in [6.45, 7) is 8.69. The topological polar surface area (TPSA) is 16.3 Å². The van der Waals surface area contributed by atoms with Crippen LogP contribution >= 0.6 is 0 Å². The molecular weight excluding hydrogens is 657 g/mol. The van der Waals surface area contributed by atoms with E-state index in [9.17, 15) is 0 Å². The molecule has 0 N–H and O–H groups in total. The van der Waals surface area contributed by atoms with Crippen LogP contribution < -0.4 is 9.80 Å². The monoisotopic (exact) mass is 702 g/mol. The van der Waals surface area contributed by atoms with Crippen molar-refractivity contribution in [3.05, 3.63) is 192 Å². The Bertz CT molecular complexity index is 2320. The molecule has 0 unspecified atom stereocenters. The summed E-state index contributed by atoms with van der Waals surface area (Å²) >= 11 is 0. The lowest BCUT2D eigenvalue weighted by Crippen LogP contribution is -2.10. The first-order valence-corrected chi connectivity index (χ1v) is 18.6. The van der Waals surface area contributed by atoms with Crippen LogP contribution in [-0.2, 0) is 14.1 Å². The average Bonchev–Trinajstić information content (AvgIpc) is 3.62. The van der Waals surface area contributed by atoms with E-state index in [0.29, 0.717) is 0 Å². The summed E-state index contributed by atoms with van der Waals surface area (Å²) in [6, 6.07) is 61.4. The van der Waals surface area contributed by atoms with E-state index in [0.717, 1.165) is 34.1 Å². The molecule has 8 aromatic rings. The minimum Gasteiger partial charge on any atom is -0.348 e. The highest BCUT2D eigenvalue weighted by molar-refractivity contribution is 5.82. The first-order valence-electron chi connectivity index (χ1n) is 18.6. The first-order chi connectivity index (χ1) is 26.3. The van der Waals surface area contributed by atoms with E-state index >= 15 is 0 Å². The maximum absolute atomic E-state index is 2.32. The van der Waals surface area contributed by atoms with Gasteiger partial charge in [-0.25, -0.2) is 0 Å². The molecule has 0 aliphatic carbocycles. The van der Waals surface area contributed by atoms with Gasteiger partial charge >= 0.3 is 0 Å². The summed E-state index contributed by atoms with van der Waals surface area (Å²) in [6.07, 6.45) is 0. The lowest BCUT2D eigenvalue weighted by Gasteiger charge is -2.26. The minimum absolute atomic E-state index is 1.11. The normalized spacial score (nSPS) is 11.1. The molecule has 0 atom stereocenters. The number of benzene rings is 6. The second-order valence-electron chi connectivity index (χ2n) is 14.3. The predicted molar refractivity (Wildman–Crippen MR) is 229 cm³/mol. The second kappa shape index (κ2) is 14.5. The molecule has 4 nitrogen and oxygen atoms in total. The summed E-state index contributed by atoms with van der Waals surface area (Å²) in [5, 5.41) is 0. The van der Waals surface area contributed by atoms with Crippen LogP contribution in [0.4, 0.5) is 34.1 Å². The fraction of sp³-hybridized carbons (Fsp3) is 0.120. The Morgan fingerprint density at radius 1 is 0.315 bits per heavy atom. The predicted octanol–water partition coefficient (Wildman–Crippen LogP) is 13.5. The van der Waals surface area contributed by atoms with Crippen molar-refractivity contribution in [2.24, 2.45) is 14.1 Å². The summed E-state index contributed by atoms with van der Waals surface area (Å²) in [5.41, 5.74) is 19.1. The third-order valence-electron chi connectivity index (χ3n) is 10.7. The number of para-hydroxylation sites is 2. The van der Waals surface area contributed by atoms with Crippen molar-refractivity contribution in [2.45, 2.75) is 27.7 Å². The van der Waals surface area contributed by atoms with Crippen LogP contribution in [0.15, 0.2) is 170 Å². The van der Waals surface area contributed by atoms with Gasteiger partial charge in [0, 0.05) is 59.6 Å². The van der Waals surface area contributed by atoms with E-state index in [-0.39, 0.29) is 0 Å². The van der Waals surface area contributed by atoms with Gasteiger partial charge in [0.2, 0.25) is 0 Å². The van der Waals surface area contributed by atoms with Crippen LogP contribution in [0, 0.1) is 27.7 Å². The lowest BCUT2D eigenvalue weighted by molar-refractivity contribution is 0.889. The largest absolute Gasteiger partial charge is 0.348 e. The quantitative estimate of drug-likeness (QED) is 0.149. The zero-order valence-electron chi connectivity index (χ0n) is 32.0. The number of rotatable bonds is 9. The molecule has 0 saturated carbocycles. The van der Waals surface area contributed by atoms with Crippen LogP contribution in [-0.4, -0.2) is 9.13 Å². The van der Waals surface area contributed by atoms with Gasteiger partial charge < -0.3 is 18.9 Å². The molecule has 4 heteroatoms. The van der Waals surface area contributed by atoms with Crippen molar-refractivity contribution >= 4 is 34.1 Å². The summed E-state index contributed by atoms with van der Waals surface area (Å²) < 4.78 is 4.54. The summed E-state index contributed by atoms with van der Waals surface area (Å²) in [5.74, 6) is 0. The zero-order valence-corrected chi connectivity index (χ0v) is 32.0. The molecule has 0 spiro atoms. The maximum Gasteiger partial charge on any atom is 0.0509 e. The number of nitrogens with zero attached hydrogens (tertiary/aromatic N) is 4. The Morgan fingerprint density at radius 2 is 0.574 bits per heavy atom. The molecule has 0 saturated heterocycles. The molecule has 2 heterocycles. The number of aromatic nitrogens is 2. The molecule has 0 amide bonds. The Hall–Kier alpha value is -6.52. The van der Waals surface area contributed by atoms with Crippen LogP contribution in [0.25, 0.3) is 33.6 Å². The van der Waals surface area contributed by atoms with Crippen molar-refractivity contribution in [3.63, 3.8) is 0 Å². The molecule has 0 radical (unpaired) electrons. The standard InChI is InChI=1S/C50H46N4/c1-35-33-37(3)51(5)49(35)41-21-29-47(30-22-41)53(43-13-9-7-10-14-43)45-25-17-39(18-26-45)40-19-27-46(28-20-40)54(44-15-11-8-12-16-44)48-31-23-42(24-32-48)50-36(2)34-38(4)52(50)6/h7-34H,1-6H3. The van der Waals surface area contributed by atoms with Crippen LogP contribution in [0.2, 0.25) is 0 Å². The van der Waals surface area contributed by atoms with Gasteiger partial charge in [-0.05, 0) is 146 Å². The van der Waals surface area contributed by atoms with Gasteiger partial charge in [0.15, 0.2) is 0 Å². The number of hydrogen-bond donors (Lipinski definition) is 0. The first kappa shape index (κ1) is 34.6. The Kier molecular flexibility index (Phi) is 9.27. The molecule has 0 fully saturated rings. The fourth-order valence-corrected chi connectivity index (χ4v) is 7.87. The highest BCUT2D eigenvalue weighted by Gasteiger charge is 2.17. The molecule has 54 heavy (non-hydrogen) atoms. The molecule has 266 valence electrons. The second-order valence-corrected chi connectivity index (χ2v) is 14.3. The molecule has 8 rings (SSSR count). The summed E-state index contributed by atoms with van der Waals surface area (Å²) in [4.78, 5) is 4.64. The molecule has 6 aromatic carbocycles. The maximum atomic E-state index is 2.32. The lowest BCUT2D eigenvalue weighted by atomic mass is 10.0. The van der Waals surface area contributed by atoms with Crippen molar-refractivity contribution in [1.29, 1.82) is 0 Å². The molecule has 0 aliphatic heterocycles. The van der Waals surface area contributed by atoms with E-state index in [2.05, 4.69) is 231 Å². The average molecular weight is 703 g/mol. The van der Waals surface area contributed by atoms with Gasteiger partial charge in [0.1, 0.15) is 0 Å². The smallest absolute Gasteiger partial charge is 0.0509 e. The Balaban J connectivity index is 1.08. The number of aryl methyl sites for hydroxylation is 4. The van der Waals surface area contributed by atoms with Crippen LogP contribution in [0.1, 0.15) is 22.5 Å². The van der Waals surface area contributed by atoms with Crippen LogP contribution in [0.5, 0.6) is 0 Å². The highest BCUT2D eigenvalue weighted by Crippen LogP contribution is 2.39. The Morgan fingerprint density at radius 3 is 0.833 bits per heavy atom. The van der Waals surface area contributed by atoms with Gasteiger partial charge in [-0.2, -0.15) is 0 Å². The van der Waals surface area contributed by atoms with E-state index in [4.69, 9.17) is 0 Å². The fourth-order valence-electron chi connectivity index (χ4n) is 7.87. The molecular formula is C50H46N4. The van der Waals surface area contributed by atoms with E-state index in [1.807, 2.05) is 0 Å². The SMILES string of the molecule is Cc1cc(C)n(C)c1-c1ccc(N(c2ccccc2)c2ccc(-c3ccc(N(c4ccccc4)c4ccc(-c5c(C)cc(C)n5C)cc4)cc3)cc2)cc1. The van der Waals surface area contributed by atoms with E-state index in [1.54, 1.807) is 0 Å². The third-order valence-corrected chi connectivity index (χ3v) is 10.7. The van der Waals surface area contributed by atoms with Gasteiger partial charge in [-0.15, -0.1) is 0 Å². The Labute approximate surface area is 319 Å². The van der Waals surface area contributed by atoms with Gasteiger partial charge in [-0.3, -0.25) is 0 Å². The highest BCUT2D eigenvalue weighted by atomic mass is 15.1. The van der Waals surface area contributed by atoms with Gasteiger partial charge in [0.25, 0.3) is 0 Å². The molecule has 0 aliphatic rings. The zero-order chi connectivity index (χ0) is 37.3. The summed E-state index contributed by atoms with van der Waals surface area (Å²) in [7, 11) is 4.28. The number of anilines is 6. The van der Waals surface area contributed by atoms with Gasteiger partial charge in [0.05, 0.1) is 11.4 Å². The molecule has 0 bridgehead atoms.